The van der Waals surface area contributed by atoms with Gasteiger partial charge >= 0.3 is 12.1 Å². The fraction of sp³-hybridized carbons (Fsp3) is 0.778. The minimum absolute atomic E-state index is 0.0598. The Morgan fingerprint density at radius 2 is 0.964 bits per heavy atom. The van der Waals surface area contributed by atoms with Gasteiger partial charge in [0.1, 0.15) is 0 Å². The van der Waals surface area contributed by atoms with E-state index in [0.29, 0.717) is 0 Å². The van der Waals surface area contributed by atoms with E-state index in [2.05, 4.69) is 21.3 Å². The topological polar surface area (TPSA) is 116 Å². The lowest BCUT2D eigenvalue weighted by atomic mass is 9.96. The summed E-state index contributed by atoms with van der Waals surface area (Å²) in [5, 5.41) is 10.2. The number of hydrogen-bond acceptors (Lipinski definition) is 6. The van der Waals surface area contributed by atoms with E-state index >= 15 is 0 Å². The number of amides is 6. The Hall–Kier alpha value is -1.42. The molecule has 0 bridgehead atoms. The minimum atomic E-state index is -0.459. The molecule has 6 amide bonds. The van der Waals surface area contributed by atoms with Crippen LogP contribution in [0.5, 0.6) is 0 Å². The van der Waals surface area contributed by atoms with Crippen molar-refractivity contribution in [2.24, 2.45) is 0 Å². The van der Waals surface area contributed by atoms with Gasteiger partial charge in [0.25, 0.3) is 0 Å². The molecule has 0 spiro atoms. The zero-order chi connectivity index (χ0) is 20.2. The lowest BCUT2D eigenvalue weighted by Crippen LogP contribution is -2.45. The van der Waals surface area contributed by atoms with Crippen LogP contribution in [0.25, 0.3) is 0 Å². The number of hydrogen-bond donors (Lipinski definition) is 4. The molecule has 2 fully saturated rings. The van der Waals surface area contributed by atoms with Gasteiger partial charge in [0.15, 0.2) is 0 Å². The van der Waals surface area contributed by atoms with Crippen LogP contribution in [0, 0.1) is 0 Å². The smallest absolute Gasteiger partial charge is 0.321 e. The maximum Gasteiger partial charge on any atom is 0.321 e. The molecule has 2 rings (SSSR count). The predicted molar refractivity (Wildman–Crippen MR) is 112 cm³/mol. The Kier molecular flexibility index (Phi) is 10.6. The zero-order valence-electron chi connectivity index (χ0n) is 16.1. The quantitative estimate of drug-likeness (QED) is 0.364. The van der Waals surface area contributed by atoms with Crippen LogP contribution in [0.4, 0.5) is 9.59 Å². The van der Waals surface area contributed by atoms with Crippen molar-refractivity contribution in [2.75, 3.05) is 11.5 Å². The number of rotatable bonds is 7. The first kappa shape index (κ1) is 22.9. The van der Waals surface area contributed by atoms with Gasteiger partial charge in [0.2, 0.25) is 11.8 Å². The highest BCUT2D eigenvalue weighted by Gasteiger charge is 2.18. The molecule has 8 nitrogen and oxygen atoms in total. The molecule has 0 aromatic heterocycles. The fourth-order valence-electron chi connectivity index (χ4n) is 3.45. The molecule has 0 aromatic carbocycles. The Balaban J connectivity index is 1.49. The molecule has 0 aromatic rings. The van der Waals surface area contributed by atoms with Crippen molar-refractivity contribution in [3.63, 3.8) is 0 Å². The molecule has 0 saturated heterocycles. The van der Waals surface area contributed by atoms with E-state index in [1.807, 2.05) is 0 Å². The monoisotopic (exact) mass is 430 g/mol. The molecule has 10 heteroatoms. The summed E-state index contributed by atoms with van der Waals surface area (Å²) in [6, 6.07) is -0.627. The third-order valence-electron chi connectivity index (χ3n) is 4.85. The normalized spacial score (nSPS) is 18.1. The van der Waals surface area contributed by atoms with Gasteiger partial charge in [-0.25, -0.2) is 9.59 Å². The number of imide groups is 2. The van der Waals surface area contributed by atoms with Crippen LogP contribution in [-0.2, 0) is 9.59 Å². The Morgan fingerprint density at radius 3 is 1.32 bits per heavy atom. The van der Waals surface area contributed by atoms with Gasteiger partial charge in [-0.15, -0.1) is 0 Å². The summed E-state index contributed by atoms with van der Waals surface area (Å²) >= 11 is 0. The van der Waals surface area contributed by atoms with Gasteiger partial charge in [0, 0.05) is 12.1 Å². The molecular formula is C18H30N4O4S2. The van der Waals surface area contributed by atoms with Crippen molar-refractivity contribution in [3.8, 4) is 0 Å². The van der Waals surface area contributed by atoms with Gasteiger partial charge in [0.05, 0.1) is 11.5 Å². The lowest BCUT2D eigenvalue weighted by molar-refractivity contribution is -0.118. The highest BCUT2D eigenvalue weighted by Crippen LogP contribution is 2.20. The lowest BCUT2D eigenvalue weighted by Gasteiger charge is -2.22. The van der Waals surface area contributed by atoms with Crippen LogP contribution in [0.1, 0.15) is 64.2 Å². The van der Waals surface area contributed by atoms with E-state index in [1.165, 1.54) is 34.4 Å². The fourth-order valence-corrected chi connectivity index (χ4v) is 5.12. The molecule has 2 aliphatic rings. The first-order valence-electron chi connectivity index (χ1n) is 9.98. The second-order valence-corrected chi connectivity index (χ2v) is 9.70. The third-order valence-corrected chi connectivity index (χ3v) is 6.98. The van der Waals surface area contributed by atoms with E-state index in [4.69, 9.17) is 0 Å². The maximum atomic E-state index is 11.8. The summed E-state index contributed by atoms with van der Waals surface area (Å²) < 4.78 is 0. The molecule has 0 heterocycles. The van der Waals surface area contributed by atoms with E-state index in [9.17, 15) is 19.2 Å². The van der Waals surface area contributed by atoms with Crippen molar-refractivity contribution in [3.05, 3.63) is 0 Å². The molecule has 158 valence electrons. The number of nitrogens with one attached hydrogen (secondary N) is 4. The van der Waals surface area contributed by atoms with Crippen molar-refractivity contribution >= 4 is 45.5 Å². The second kappa shape index (κ2) is 12.9. The summed E-state index contributed by atoms with van der Waals surface area (Å²) in [6.07, 6.45) is 10.6. The molecular weight excluding hydrogens is 400 g/mol. The first-order valence-corrected chi connectivity index (χ1v) is 12.5. The van der Waals surface area contributed by atoms with Gasteiger partial charge in [-0.3, -0.25) is 20.2 Å². The predicted octanol–water partition coefficient (Wildman–Crippen LogP) is 2.68. The van der Waals surface area contributed by atoms with E-state index < -0.39 is 23.9 Å². The molecule has 0 unspecified atom stereocenters. The van der Waals surface area contributed by atoms with Gasteiger partial charge in [-0.2, -0.15) is 0 Å². The molecule has 2 saturated carbocycles. The van der Waals surface area contributed by atoms with Crippen LogP contribution in [0.3, 0.4) is 0 Å². The average molecular weight is 431 g/mol. The summed E-state index contributed by atoms with van der Waals surface area (Å²) in [7, 11) is 2.35. The van der Waals surface area contributed by atoms with Crippen LogP contribution >= 0.6 is 21.6 Å². The van der Waals surface area contributed by atoms with E-state index in [0.717, 1.165) is 51.4 Å². The number of carbonyl (C=O) groups excluding carboxylic acids is 4. The average Bonchev–Trinajstić information content (AvgIpc) is 2.66. The number of urea groups is 2. The van der Waals surface area contributed by atoms with Crippen molar-refractivity contribution in [2.45, 2.75) is 76.3 Å². The van der Waals surface area contributed by atoms with Crippen LogP contribution in [0.15, 0.2) is 0 Å². The summed E-state index contributed by atoms with van der Waals surface area (Å²) in [6.45, 7) is 0. The van der Waals surface area contributed by atoms with E-state index in [1.54, 1.807) is 0 Å². The van der Waals surface area contributed by atoms with E-state index in [-0.39, 0.29) is 23.6 Å². The Bertz CT molecular complexity index is 502. The van der Waals surface area contributed by atoms with Crippen molar-refractivity contribution in [1.82, 2.24) is 21.3 Å². The van der Waals surface area contributed by atoms with Crippen molar-refractivity contribution < 1.29 is 19.2 Å². The SMILES string of the molecule is O=C(CSSCC(=O)NC(=O)NC1CCCCC1)NC(=O)NC1CCCCC1. The first-order chi connectivity index (χ1) is 13.5. The molecule has 0 radical (unpaired) electrons. The Labute approximate surface area is 173 Å². The number of carbonyl (C=O) groups is 4. The summed E-state index contributed by atoms with van der Waals surface area (Å²) in [5.41, 5.74) is 0. The van der Waals surface area contributed by atoms with Crippen LogP contribution in [0.2, 0.25) is 0 Å². The second-order valence-electron chi connectivity index (χ2n) is 7.24. The molecule has 4 N–H and O–H groups in total. The van der Waals surface area contributed by atoms with Gasteiger partial charge in [-0.05, 0) is 25.7 Å². The molecule has 28 heavy (non-hydrogen) atoms. The van der Waals surface area contributed by atoms with Crippen molar-refractivity contribution in [1.29, 1.82) is 0 Å². The standard InChI is InChI=1S/C18H30N4O4S2/c23-15(21-17(25)19-13-7-3-1-4-8-13)11-27-28-12-16(24)22-18(26)20-14-9-5-2-6-10-14/h13-14H,1-12H2,(H2,19,21,23,25)(H2,20,22,24,26). The highest BCUT2D eigenvalue weighted by molar-refractivity contribution is 8.77. The minimum Gasteiger partial charge on any atom is -0.335 e. The zero-order valence-corrected chi connectivity index (χ0v) is 17.7. The molecule has 0 atom stereocenters. The van der Waals surface area contributed by atoms with Gasteiger partial charge in [-0.1, -0.05) is 60.1 Å². The summed E-state index contributed by atoms with van der Waals surface area (Å²) in [5.74, 6) is -0.684. The molecule has 0 aliphatic heterocycles. The third kappa shape index (κ3) is 9.68. The molecule has 2 aliphatic carbocycles. The van der Waals surface area contributed by atoms with Crippen LogP contribution in [-0.4, -0.2) is 47.5 Å². The largest absolute Gasteiger partial charge is 0.335 e. The maximum absolute atomic E-state index is 11.8. The Morgan fingerprint density at radius 1 is 0.607 bits per heavy atom. The summed E-state index contributed by atoms with van der Waals surface area (Å²) in [4.78, 5) is 47.1. The highest BCUT2D eigenvalue weighted by atomic mass is 33.1. The van der Waals surface area contributed by atoms with Gasteiger partial charge < -0.3 is 10.6 Å². The van der Waals surface area contributed by atoms with Crippen LogP contribution < -0.4 is 21.3 Å².